The lowest BCUT2D eigenvalue weighted by Crippen LogP contribution is -2.06. The van der Waals surface area contributed by atoms with E-state index in [4.69, 9.17) is 13.9 Å². The third-order valence-corrected chi connectivity index (χ3v) is 3.58. The third kappa shape index (κ3) is 3.16. The number of rotatable bonds is 4. The number of carbonyl (C=O) groups excluding carboxylic acids is 2. The topological polar surface area (TPSA) is 87.3 Å². The quantitative estimate of drug-likeness (QED) is 0.628. The summed E-state index contributed by atoms with van der Waals surface area (Å²) >= 11 is 0. The van der Waals surface area contributed by atoms with Crippen LogP contribution in [0.1, 0.15) is 27.4 Å². The van der Waals surface area contributed by atoms with Crippen molar-refractivity contribution in [1.29, 1.82) is 0 Å². The van der Waals surface area contributed by atoms with Crippen molar-refractivity contribution in [3.63, 3.8) is 0 Å². The minimum atomic E-state index is -0.616. The summed E-state index contributed by atoms with van der Waals surface area (Å²) in [7, 11) is 2.80. The van der Waals surface area contributed by atoms with Crippen LogP contribution in [-0.4, -0.2) is 32.1 Å². The van der Waals surface area contributed by atoms with Gasteiger partial charge in [-0.1, -0.05) is 12.1 Å². The van der Waals surface area contributed by atoms with Crippen molar-refractivity contribution >= 4 is 23.9 Å². The molecule has 2 aromatic rings. The molecule has 1 aliphatic rings. The van der Waals surface area contributed by atoms with Gasteiger partial charge in [-0.3, -0.25) is 0 Å². The number of carbonyl (C=O) groups is 2. The van der Waals surface area contributed by atoms with Crippen LogP contribution in [0.3, 0.4) is 0 Å². The molecule has 0 bridgehead atoms. The van der Waals surface area contributed by atoms with Crippen LogP contribution in [0.15, 0.2) is 45.4 Å². The maximum Gasteiger partial charge on any atom is 0.363 e. The smallest absolute Gasteiger partial charge is 0.363 e. The highest BCUT2D eigenvalue weighted by Gasteiger charge is 2.27. The molecule has 0 N–H and O–H groups in total. The summed E-state index contributed by atoms with van der Waals surface area (Å²) in [5, 5.41) is 0. The Morgan fingerprint density at radius 2 is 2.00 bits per heavy atom. The zero-order valence-corrected chi connectivity index (χ0v) is 13.9. The summed E-state index contributed by atoms with van der Waals surface area (Å²) in [5.74, 6) is 0.240. The molecule has 0 radical (unpaired) electrons. The van der Waals surface area contributed by atoms with E-state index in [2.05, 4.69) is 9.73 Å². The fourth-order valence-corrected chi connectivity index (χ4v) is 2.37. The lowest BCUT2D eigenvalue weighted by Gasteiger charge is -2.05. The fourth-order valence-electron chi connectivity index (χ4n) is 2.37. The minimum absolute atomic E-state index is 0.0612. The number of methoxy groups -OCH3 is 2. The number of para-hydroxylation sites is 1. The molecular weight excluding hydrogens is 326 g/mol. The Morgan fingerprint density at radius 1 is 1.24 bits per heavy atom. The number of nitrogens with zero attached hydrogens (tertiary/aromatic N) is 1. The maximum atomic E-state index is 12.1. The van der Waals surface area contributed by atoms with Crippen LogP contribution in [0.2, 0.25) is 0 Å². The van der Waals surface area contributed by atoms with E-state index in [-0.39, 0.29) is 17.2 Å². The number of aliphatic imine (C=N–C) groups is 1. The van der Waals surface area contributed by atoms with E-state index >= 15 is 0 Å². The van der Waals surface area contributed by atoms with E-state index in [9.17, 15) is 9.59 Å². The van der Waals surface area contributed by atoms with Gasteiger partial charge in [-0.25, -0.2) is 14.6 Å². The molecule has 0 unspecified atom stereocenters. The number of cyclic esters (lactones) is 1. The van der Waals surface area contributed by atoms with Crippen molar-refractivity contribution in [3.8, 4) is 5.75 Å². The molecule has 7 heteroatoms. The molecule has 0 saturated carbocycles. The highest BCUT2D eigenvalue weighted by molar-refractivity contribution is 6.13. The number of furan rings is 1. The van der Waals surface area contributed by atoms with Gasteiger partial charge in [-0.05, 0) is 25.1 Å². The normalized spacial score (nSPS) is 15.1. The molecule has 2 heterocycles. The molecule has 0 aliphatic carbocycles. The zero-order valence-electron chi connectivity index (χ0n) is 13.9. The number of hydrogen-bond acceptors (Lipinski definition) is 7. The first-order chi connectivity index (χ1) is 12.0. The second kappa shape index (κ2) is 6.64. The van der Waals surface area contributed by atoms with E-state index in [1.54, 1.807) is 31.2 Å². The highest BCUT2D eigenvalue weighted by atomic mass is 16.6. The van der Waals surface area contributed by atoms with Gasteiger partial charge in [0.1, 0.15) is 22.8 Å². The van der Waals surface area contributed by atoms with Gasteiger partial charge in [0.25, 0.3) is 0 Å². The molecule has 1 aromatic heterocycles. The van der Waals surface area contributed by atoms with Crippen LogP contribution in [0, 0.1) is 6.92 Å². The minimum Gasteiger partial charge on any atom is -0.496 e. The first-order valence-electron chi connectivity index (χ1n) is 7.38. The van der Waals surface area contributed by atoms with Gasteiger partial charge in [0.2, 0.25) is 5.90 Å². The van der Waals surface area contributed by atoms with Gasteiger partial charge in [0.15, 0.2) is 5.70 Å². The lowest BCUT2D eigenvalue weighted by molar-refractivity contribution is -0.129. The van der Waals surface area contributed by atoms with Gasteiger partial charge in [-0.15, -0.1) is 0 Å². The molecule has 1 aliphatic heterocycles. The summed E-state index contributed by atoms with van der Waals surface area (Å²) < 4.78 is 20.6. The Labute approximate surface area is 143 Å². The van der Waals surface area contributed by atoms with Gasteiger partial charge in [0, 0.05) is 6.08 Å². The van der Waals surface area contributed by atoms with Crippen LogP contribution in [0.25, 0.3) is 6.08 Å². The van der Waals surface area contributed by atoms with Crippen molar-refractivity contribution in [1.82, 2.24) is 0 Å². The number of aryl methyl sites for hydroxylation is 1. The predicted molar refractivity (Wildman–Crippen MR) is 88.4 cm³/mol. The van der Waals surface area contributed by atoms with Crippen LogP contribution in [0.5, 0.6) is 5.75 Å². The number of esters is 2. The highest BCUT2D eigenvalue weighted by Crippen LogP contribution is 2.26. The standard InChI is InChI=1S/C18H15NO6/c1-10-13(17(20)23-3)8-11(24-10)9-14-18(21)25-16(19-14)12-6-4-5-7-15(12)22-2/h4-9H,1-3H3. The van der Waals surface area contributed by atoms with Gasteiger partial charge < -0.3 is 18.6 Å². The second-order valence-corrected chi connectivity index (χ2v) is 5.15. The Hall–Kier alpha value is -3.35. The van der Waals surface area contributed by atoms with E-state index in [1.807, 2.05) is 0 Å². The van der Waals surface area contributed by atoms with Gasteiger partial charge in [-0.2, -0.15) is 0 Å². The van der Waals surface area contributed by atoms with Gasteiger partial charge in [0.05, 0.1) is 19.8 Å². The summed E-state index contributed by atoms with van der Waals surface area (Å²) in [6.45, 7) is 1.63. The Morgan fingerprint density at radius 3 is 2.72 bits per heavy atom. The third-order valence-electron chi connectivity index (χ3n) is 3.58. The molecule has 128 valence electrons. The molecule has 3 rings (SSSR count). The Balaban J connectivity index is 1.95. The Kier molecular flexibility index (Phi) is 4.38. The second-order valence-electron chi connectivity index (χ2n) is 5.15. The molecule has 1 aromatic carbocycles. The zero-order chi connectivity index (χ0) is 18.0. The maximum absolute atomic E-state index is 12.1. The summed E-state index contributed by atoms with van der Waals surface area (Å²) in [6, 6.07) is 8.55. The van der Waals surface area contributed by atoms with Crippen molar-refractivity contribution < 1.29 is 28.2 Å². The number of ether oxygens (including phenoxy) is 3. The summed E-state index contributed by atoms with van der Waals surface area (Å²) in [5.41, 5.74) is 0.911. The predicted octanol–water partition coefficient (Wildman–Crippen LogP) is 2.73. The van der Waals surface area contributed by atoms with E-state index < -0.39 is 11.9 Å². The molecule has 0 atom stereocenters. The largest absolute Gasteiger partial charge is 0.496 e. The van der Waals surface area contributed by atoms with Crippen LogP contribution in [0.4, 0.5) is 0 Å². The first-order valence-corrected chi connectivity index (χ1v) is 7.38. The van der Waals surface area contributed by atoms with Crippen molar-refractivity contribution in [2.45, 2.75) is 6.92 Å². The number of hydrogen-bond donors (Lipinski definition) is 0. The fraction of sp³-hybridized carbons (Fsp3) is 0.167. The van der Waals surface area contributed by atoms with E-state index in [1.165, 1.54) is 26.4 Å². The van der Waals surface area contributed by atoms with E-state index in [0.717, 1.165) is 0 Å². The van der Waals surface area contributed by atoms with E-state index in [0.29, 0.717) is 22.8 Å². The van der Waals surface area contributed by atoms with Crippen molar-refractivity contribution in [2.24, 2.45) is 4.99 Å². The first kappa shape index (κ1) is 16.5. The average Bonchev–Trinajstić information content (AvgIpc) is 3.17. The molecule has 0 amide bonds. The molecule has 25 heavy (non-hydrogen) atoms. The molecule has 0 fully saturated rings. The average molecular weight is 341 g/mol. The van der Waals surface area contributed by atoms with Crippen LogP contribution < -0.4 is 4.74 Å². The lowest BCUT2D eigenvalue weighted by atomic mass is 10.2. The monoisotopic (exact) mass is 341 g/mol. The molecule has 0 spiro atoms. The Bertz CT molecular complexity index is 906. The summed E-state index contributed by atoms with van der Waals surface area (Å²) in [4.78, 5) is 27.9. The van der Waals surface area contributed by atoms with Gasteiger partial charge >= 0.3 is 11.9 Å². The molecule has 7 nitrogen and oxygen atoms in total. The van der Waals surface area contributed by atoms with Crippen molar-refractivity contribution in [2.75, 3.05) is 14.2 Å². The SMILES string of the molecule is COC(=O)c1cc(C=C2N=C(c3ccccc3OC)OC2=O)oc1C. The van der Waals surface area contributed by atoms with Crippen molar-refractivity contribution in [3.05, 3.63) is 58.7 Å². The number of benzene rings is 1. The molecule has 0 saturated heterocycles. The van der Waals surface area contributed by atoms with Crippen LogP contribution >= 0.6 is 0 Å². The molecular formula is C18H15NO6. The van der Waals surface area contributed by atoms with Crippen LogP contribution in [-0.2, 0) is 14.3 Å². The summed E-state index contributed by atoms with van der Waals surface area (Å²) in [6.07, 6.45) is 1.41.